The van der Waals surface area contributed by atoms with Crippen LogP contribution in [0.2, 0.25) is 0 Å². The van der Waals surface area contributed by atoms with Crippen LogP contribution in [0.4, 0.5) is 0 Å². The van der Waals surface area contributed by atoms with E-state index < -0.39 is 42.4 Å². The van der Waals surface area contributed by atoms with Crippen LogP contribution in [-0.4, -0.2) is 88.1 Å². The van der Waals surface area contributed by atoms with E-state index in [1.807, 2.05) is 0 Å². The second-order valence-corrected chi connectivity index (χ2v) is 8.24. The predicted octanol–water partition coefficient (Wildman–Crippen LogP) is 0.105. The van der Waals surface area contributed by atoms with Crippen LogP contribution in [0.25, 0.3) is 0 Å². The van der Waals surface area contributed by atoms with Crippen molar-refractivity contribution in [2.75, 3.05) is 20.8 Å². The number of aromatic hydroxyl groups is 2. The summed E-state index contributed by atoms with van der Waals surface area (Å²) in [5, 5.41) is 60.0. The maximum atomic E-state index is 11.4. The maximum absolute atomic E-state index is 11.4. The van der Waals surface area contributed by atoms with E-state index in [0.29, 0.717) is 17.7 Å². The molecule has 6 atom stereocenters. The van der Waals surface area contributed by atoms with E-state index in [-0.39, 0.29) is 35.5 Å². The monoisotopic (exact) mass is 494 g/mol. The lowest BCUT2D eigenvalue weighted by molar-refractivity contribution is -0.271. The van der Waals surface area contributed by atoms with Crippen LogP contribution >= 0.6 is 0 Å². The SMILES string of the molecule is COc1c([C@H]2COc3cc(O)ccc3C2)cc(O[C@@H]2O[C@H](C(=O)O)[C@@H](O)[C@H](O)[C@H]2O)c(O)c1OC. The van der Waals surface area contributed by atoms with Crippen molar-refractivity contribution in [2.45, 2.75) is 43.0 Å². The molecule has 0 bridgehead atoms. The van der Waals surface area contributed by atoms with E-state index in [1.54, 1.807) is 6.07 Å². The molecule has 1 saturated heterocycles. The zero-order chi connectivity index (χ0) is 25.4. The van der Waals surface area contributed by atoms with Crippen molar-refractivity contribution in [2.24, 2.45) is 0 Å². The molecule has 2 aromatic carbocycles. The zero-order valence-electron chi connectivity index (χ0n) is 18.8. The van der Waals surface area contributed by atoms with Crippen LogP contribution in [0.5, 0.6) is 34.5 Å². The summed E-state index contributed by atoms with van der Waals surface area (Å²) in [6.45, 7) is 0.189. The lowest BCUT2D eigenvalue weighted by Crippen LogP contribution is -2.61. The Labute approximate surface area is 199 Å². The van der Waals surface area contributed by atoms with Crippen molar-refractivity contribution < 1.29 is 59.1 Å². The summed E-state index contributed by atoms with van der Waals surface area (Å²) in [4.78, 5) is 11.4. The molecule has 0 spiro atoms. The topological polar surface area (TPSA) is 185 Å². The van der Waals surface area contributed by atoms with Gasteiger partial charge in [0.2, 0.25) is 17.8 Å². The first-order valence-corrected chi connectivity index (χ1v) is 10.7. The van der Waals surface area contributed by atoms with Crippen molar-refractivity contribution in [3.05, 3.63) is 35.4 Å². The normalized spacial score (nSPS) is 27.9. The fraction of sp³-hybridized carbons (Fsp3) is 0.435. The van der Waals surface area contributed by atoms with E-state index in [0.717, 1.165) is 5.56 Å². The highest BCUT2D eigenvalue weighted by atomic mass is 16.7. The first kappa shape index (κ1) is 24.7. The van der Waals surface area contributed by atoms with E-state index >= 15 is 0 Å². The van der Waals surface area contributed by atoms with Gasteiger partial charge in [0.1, 0.15) is 29.8 Å². The molecule has 0 unspecified atom stereocenters. The van der Waals surface area contributed by atoms with E-state index in [4.69, 9.17) is 23.7 Å². The number of ether oxygens (including phenoxy) is 5. The molecule has 2 aromatic rings. The third kappa shape index (κ3) is 4.48. The van der Waals surface area contributed by atoms with Crippen LogP contribution in [0, 0.1) is 0 Å². The molecule has 2 heterocycles. The minimum atomic E-state index is -1.89. The predicted molar refractivity (Wildman–Crippen MR) is 116 cm³/mol. The average molecular weight is 494 g/mol. The molecule has 0 radical (unpaired) electrons. The van der Waals surface area contributed by atoms with Crippen LogP contribution in [-0.2, 0) is 16.0 Å². The molecular weight excluding hydrogens is 468 g/mol. The Morgan fingerprint density at radius 1 is 1.00 bits per heavy atom. The zero-order valence-corrected chi connectivity index (χ0v) is 18.8. The number of hydrogen-bond acceptors (Lipinski definition) is 11. The first-order chi connectivity index (χ1) is 16.7. The molecule has 12 heteroatoms. The van der Waals surface area contributed by atoms with Gasteiger partial charge in [-0.25, -0.2) is 4.79 Å². The number of hydrogen-bond donors (Lipinski definition) is 6. The maximum Gasteiger partial charge on any atom is 0.335 e. The van der Waals surface area contributed by atoms with Crippen LogP contribution < -0.4 is 18.9 Å². The van der Waals surface area contributed by atoms with E-state index in [2.05, 4.69) is 0 Å². The molecule has 4 rings (SSSR count). The number of methoxy groups -OCH3 is 2. The quantitative estimate of drug-likeness (QED) is 0.319. The molecule has 12 nitrogen and oxygen atoms in total. The Balaban J connectivity index is 1.70. The van der Waals surface area contributed by atoms with Crippen LogP contribution in [0.15, 0.2) is 24.3 Å². The Hall–Kier alpha value is -3.45. The Morgan fingerprint density at radius 3 is 2.37 bits per heavy atom. The summed E-state index contributed by atoms with van der Waals surface area (Å²) >= 11 is 0. The number of rotatable bonds is 6. The highest BCUT2D eigenvalue weighted by Gasteiger charge is 2.48. The molecule has 6 N–H and O–H groups in total. The van der Waals surface area contributed by atoms with Gasteiger partial charge in [-0.15, -0.1) is 0 Å². The summed E-state index contributed by atoms with van der Waals surface area (Å²) in [6, 6.07) is 6.19. The minimum absolute atomic E-state index is 0.0692. The number of aliphatic carboxylic acids is 1. The van der Waals surface area contributed by atoms with Crippen molar-refractivity contribution in [1.82, 2.24) is 0 Å². The smallest absolute Gasteiger partial charge is 0.335 e. The third-order valence-electron chi connectivity index (χ3n) is 6.06. The second kappa shape index (κ2) is 9.66. The molecule has 0 amide bonds. The molecule has 0 aromatic heterocycles. The van der Waals surface area contributed by atoms with Gasteiger partial charge in [-0.2, -0.15) is 0 Å². The van der Waals surface area contributed by atoms with Gasteiger partial charge in [0, 0.05) is 17.5 Å². The molecule has 0 aliphatic carbocycles. The summed E-state index contributed by atoms with van der Waals surface area (Å²) in [6.07, 6.45) is -8.73. The molecule has 190 valence electrons. The summed E-state index contributed by atoms with van der Waals surface area (Å²) in [7, 11) is 2.69. The van der Waals surface area contributed by atoms with Gasteiger partial charge < -0.3 is 54.3 Å². The van der Waals surface area contributed by atoms with Gasteiger partial charge in [-0.05, 0) is 24.1 Å². The molecular formula is C23H26O12. The average Bonchev–Trinajstić information content (AvgIpc) is 2.84. The fourth-order valence-electron chi connectivity index (χ4n) is 4.25. The van der Waals surface area contributed by atoms with Gasteiger partial charge in [-0.3, -0.25) is 0 Å². The highest BCUT2D eigenvalue weighted by Crippen LogP contribution is 2.50. The van der Waals surface area contributed by atoms with E-state index in [9.17, 15) is 35.4 Å². The van der Waals surface area contributed by atoms with Crippen molar-refractivity contribution in [1.29, 1.82) is 0 Å². The second-order valence-electron chi connectivity index (χ2n) is 8.24. The first-order valence-electron chi connectivity index (χ1n) is 10.7. The van der Waals surface area contributed by atoms with Crippen LogP contribution in [0.1, 0.15) is 17.0 Å². The Bertz CT molecular complexity index is 1100. The highest BCUT2D eigenvalue weighted by molar-refractivity contribution is 5.73. The minimum Gasteiger partial charge on any atom is -0.508 e. The number of carboxylic acids is 1. The number of phenols is 2. The van der Waals surface area contributed by atoms with Crippen molar-refractivity contribution >= 4 is 5.97 Å². The van der Waals surface area contributed by atoms with E-state index in [1.165, 1.54) is 32.4 Å². The van der Waals surface area contributed by atoms with Gasteiger partial charge in [0.25, 0.3) is 0 Å². The van der Waals surface area contributed by atoms with Gasteiger partial charge >= 0.3 is 5.97 Å². The molecule has 1 fully saturated rings. The molecule has 2 aliphatic rings. The summed E-state index contributed by atoms with van der Waals surface area (Å²) in [5.41, 5.74) is 1.33. The van der Waals surface area contributed by atoms with Crippen LogP contribution in [0.3, 0.4) is 0 Å². The Kier molecular flexibility index (Phi) is 6.81. The Morgan fingerprint density at radius 2 is 1.71 bits per heavy atom. The lowest BCUT2D eigenvalue weighted by atomic mass is 9.89. The number of aliphatic hydroxyl groups is 3. The number of fused-ring (bicyclic) bond motifs is 1. The number of carboxylic acid groups (broad SMARTS) is 1. The molecule has 2 aliphatic heterocycles. The molecule has 0 saturated carbocycles. The summed E-state index contributed by atoms with van der Waals surface area (Å²) in [5.74, 6) is -1.92. The number of aliphatic hydroxyl groups excluding tert-OH is 3. The summed E-state index contributed by atoms with van der Waals surface area (Å²) < 4.78 is 27.4. The van der Waals surface area contributed by atoms with Crippen molar-refractivity contribution in [3.8, 4) is 34.5 Å². The lowest BCUT2D eigenvalue weighted by Gasteiger charge is -2.38. The van der Waals surface area contributed by atoms with Crippen molar-refractivity contribution in [3.63, 3.8) is 0 Å². The number of carbonyl (C=O) groups is 1. The largest absolute Gasteiger partial charge is 0.508 e. The van der Waals surface area contributed by atoms with Gasteiger partial charge in [0.15, 0.2) is 17.6 Å². The fourth-order valence-corrected chi connectivity index (χ4v) is 4.25. The van der Waals surface area contributed by atoms with Gasteiger partial charge in [-0.1, -0.05) is 6.07 Å². The van der Waals surface area contributed by atoms with Gasteiger partial charge in [0.05, 0.1) is 20.8 Å². The standard InChI is InChI=1S/C23H26O12/c1-31-19-12(10-5-9-3-4-11(24)6-13(9)33-8-10)7-14(15(25)20(19)32-2)34-23-18(28)16(26)17(27)21(35-23)22(29)30/h3-4,6-7,10,16-18,21,23-28H,5,8H2,1-2H3,(H,29,30)/t10-,16+,17+,18-,21+,23-/m1/s1. The number of benzene rings is 2. The molecule has 35 heavy (non-hydrogen) atoms. The third-order valence-corrected chi connectivity index (χ3v) is 6.06. The number of phenolic OH excluding ortho intramolecular Hbond substituents is 2.